The average molecular weight is 368 g/mol. The molecule has 0 radical (unpaired) electrons. The van der Waals surface area contributed by atoms with E-state index in [0.717, 1.165) is 24.1 Å². The number of carbonyl (C=O) groups is 2. The maximum atomic E-state index is 13.0. The Morgan fingerprint density at radius 2 is 1.93 bits per heavy atom. The molecule has 6 nitrogen and oxygen atoms in total. The fourth-order valence-electron chi connectivity index (χ4n) is 3.47. The van der Waals surface area contributed by atoms with Crippen molar-refractivity contribution in [2.75, 3.05) is 13.6 Å². The van der Waals surface area contributed by atoms with Crippen molar-refractivity contribution >= 4 is 11.8 Å². The van der Waals surface area contributed by atoms with Gasteiger partial charge in [0.05, 0.1) is 11.9 Å². The summed E-state index contributed by atoms with van der Waals surface area (Å²) in [6.07, 6.45) is 5.32. The molecule has 2 aromatic rings. The summed E-state index contributed by atoms with van der Waals surface area (Å²) in [7, 11) is 1.79. The highest BCUT2D eigenvalue weighted by Crippen LogP contribution is 2.26. The van der Waals surface area contributed by atoms with Crippen LogP contribution >= 0.6 is 0 Å². The first-order chi connectivity index (χ1) is 12.8. The van der Waals surface area contributed by atoms with Gasteiger partial charge in [-0.05, 0) is 25.0 Å². The Morgan fingerprint density at radius 1 is 1.22 bits per heavy atom. The van der Waals surface area contributed by atoms with Crippen LogP contribution in [0.5, 0.6) is 0 Å². The van der Waals surface area contributed by atoms with Crippen molar-refractivity contribution in [3.8, 4) is 5.69 Å². The number of hydrogen-bond acceptors (Lipinski definition) is 3. The lowest BCUT2D eigenvalue weighted by molar-refractivity contribution is -0.148. The zero-order valence-corrected chi connectivity index (χ0v) is 16.6. The van der Waals surface area contributed by atoms with Crippen LogP contribution in [-0.4, -0.2) is 51.0 Å². The van der Waals surface area contributed by atoms with E-state index >= 15 is 0 Å². The fourth-order valence-corrected chi connectivity index (χ4v) is 3.47. The van der Waals surface area contributed by atoms with Gasteiger partial charge in [-0.25, -0.2) is 4.68 Å². The molecule has 1 aromatic heterocycles. The summed E-state index contributed by atoms with van der Waals surface area (Å²) in [4.78, 5) is 29.1. The SMILES string of the molecule is CN(Cc1cnn(-c2ccccc2)c1)C(=O)C1CCCN1C(=O)C(C)(C)C. The molecule has 2 amide bonds. The maximum absolute atomic E-state index is 13.0. The van der Waals surface area contributed by atoms with Crippen LogP contribution in [0.1, 0.15) is 39.2 Å². The number of para-hydroxylation sites is 1. The second-order valence-electron chi connectivity index (χ2n) is 8.23. The molecular weight excluding hydrogens is 340 g/mol. The van der Waals surface area contributed by atoms with Crippen molar-refractivity contribution in [2.45, 2.75) is 46.2 Å². The molecule has 1 aliphatic heterocycles. The van der Waals surface area contributed by atoms with Gasteiger partial charge in [0.15, 0.2) is 0 Å². The lowest BCUT2D eigenvalue weighted by atomic mass is 9.94. The molecule has 0 bridgehead atoms. The molecule has 2 heterocycles. The van der Waals surface area contributed by atoms with Gasteiger partial charge in [0.25, 0.3) is 0 Å². The third-order valence-electron chi connectivity index (χ3n) is 4.89. The highest BCUT2D eigenvalue weighted by molar-refractivity contribution is 5.90. The van der Waals surface area contributed by atoms with Crippen molar-refractivity contribution in [3.63, 3.8) is 0 Å². The molecule has 6 heteroatoms. The highest BCUT2D eigenvalue weighted by Gasteiger charge is 2.39. The lowest BCUT2D eigenvalue weighted by Gasteiger charge is -2.32. The predicted octanol–water partition coefficient (Wildman–Crippen LogP) is 2.87. The highest BCUT2D eigenvalue weighted by atomic mass is 16.2. The van der Waals surface area contributed by atoms with Crippen molar-refractivity contribution in [3.05, 3.63) is 48.3 Å². The van der Waals surface area contributed by atoms with E-state index in [-0.39, 0.29) is 17.9 Å². The van der Waals surface area contributed by atoms with Crippen LogP contribution in [0, 0.1) is 5.41 Å². The molecule has 0 spiro atoms. The summed E-state index contributed by atoms with van der Waals surface area (Å²) in [6, 6.07) is 9.51. The molecule has 27 heavy (non-hydrogen) atoms. The number of amides is 2. The second-order valence-corrected chi connectivity index (χ2v) is 8.23. The van der Waals surface area contributed by atoms with Gasteiger partial charge in [0, 0.05) is 37.3 Å². The average Bonchev–Trinajstić information content (AvgIpc) is 3.29. The Hall–Kier alpha value is -2.63. The monoisotopic (exact) mass is 368 g/mol. The third kappa shape index (κ3) is 4.21. The quantitative estimate of drug-likeness (QED) is 0.834. The summed E-state index contributed by atoms with van der Waals surface area (Å²) >= 11 is 0. The van der Waals surface area contributed by atoms with Crippen LogP contribution in [0.3, 0.4) is 0 Å². The van der Waals surface area contributed by atoms with E-state index in [1.807, 2.05) is 57.3 Å². The zero-order valence-electron chi connectivity index (χ0n) is 16.6. The number of carbonyl (C=O) groups excluding carboxylic acids is 2. The van der Waals surface area contributed by atoms with Gasteiger partial charge in [0.1, 0.15) is 6.04 Å². The molecular formula is C21H28N4O2. The second kappa shape index (κ2) is 7.55. The van der Waals surface area contributed by atoms with Crippen LogP contribution in [0.25, 0.3) is 5.69 Å². The van der Waals surface area contributed by atoms with Gasteiger partial charge in [0.2, 0.25) is 11.8 Å². The van der Waals surface area contributed by atoms with Crippen molar-refractivity contribution in [2.24, 2.45) is 5.41 Å². The van der Waals surface area contributed by atoms with Crippen molar-refractivity contribution < 1.29 is 9.59 Å². The normalized spacial score (nSPS) is 17.2. The van der Waals surface area contributed by atoms with E-state index in [2.05, 4.69) is 5.10 Å². The van der Waals surface area contributed by atoms with Gasteiger partial charge >= 0.3 is 0 Å². The number of hydrogen-bond donors (Lipinski definition) is 0. The van der Waals surface area contributed by atoms with Gasteiger partial charge in [-0.3, -0.25) is 9.59 Å². The minimum absolute atomic E-state index is 0.00226. The standard InChI is InChI=1S/C21H28N4O2/c1-21(2,3)20(27)24-12-8-11-18(24)19(26)23(4)14-16-13-22-25(15-16)17-9-6-5-7-10-17/h5-7,9-10,13,15,18H,8,11-12,14H2,1-4H3. The number of nitrogens with zero attached hydrogens (tertiary/aromatic N) is 4. The lowest BCUT2D eigenvalue weighted by Crippen LogP contribution is -2.49. The fraction of sp³-hybridized carbons (Fsp3) is 0.476. The van der Waals surface area contributed by atoms with Crippen LogP contribution in [0.4, 0.5) is 0 Å². The molecule has 0 aliphatic carbocycles. The molecule has 0 N–H and O–H groups in total. The Labute approximate surface area is 160 Å². The maximum Gasteiger partial charge on any atom is 0.245 e. The van der Waals surface area contributed by atoms with Gasteiger partial charge in [-0.2, -0.15) is 5.10 Å². The van der Waals surface area contributed by atoms with Gasteiger partial charge in [-0.15, -0.1) is 0 Å². The minimum atomic E-state index is -0.474. The summed E-state index contributed by atoms with van der Waals surface area (Å²) in [5, 5.41) is 4.39. The Balaban J connectivity index is 1.67. The largest absolute Gasteiger partial charge is 0.340 e. The predicted molar refractivity (Wildman–Crippen MR) is 104 cm³/mol. The van der Waals surface area contributed by atoms with Crippen molar-refractivity contribution in [1.29, 1.82) is 0 Å². The summed E-state index contributed by atoms with van der Waals surface area (Å²) in [5.41, 5.74) is 1.47. The van der Waals surface area contributed by atoms with E-state index in [9.17, 15) is 9.59 Å². The Bertz CT molecular complexity index is 807. The molecule has 144 valence electrons. The van der Waals surface area contributed by atoms with Crippen LogP contribution in [0.15, 0.2) is 42.7 Å². The number of aromatic nitrogens is 2. The van der Waals surface area contributed by atoms with E-state index in [0.29, 0.717) is 13.1 Å². The number of likely N-dealkylation sites (N-methyl/N-ethyl adjacent to an activating group) is 1. The van der Waals surface area contributed by atoms with E-state index < -0.39 is 5.41 Å². The first kappa shape index (κ1) is 19.1. The first-order valence-corrected chi connectivity index (χ1v) is 9.42. The molecule has 1 aliphatic rings. The molecule has 1 unspecified atom stereocenters. The smallest absolute Gasteiger partial charge is 0.245 e. The van der Waals surface area contributed by atoms with E-state index in [4.69, 9.17) is 0 Å². The molecule has 1 fully saturated rings. The van der Waals surface area contributed by atoms with Crippen LogP contribution in [-0.2, 0) is 16.1 Å². The van der Waals surface area contributed by atoms with Gasteiger partial charge in [-0.1, -0.05) is 39.0 Å². The van der Waals surface area contributed by atoms with Crippen LogP contribution < -0.4 is 0 Å². The minimum Gasteiger partial charge on any atom is -0.340 e. The molecule has 1 aromatic carbocycles. The van der Waals surface area contributed by atoms with Crippen LogP contribution in [0.2, 0.25) is 0 Å². The first-order valence-electron chi connectivity index (χ1n) is 9.42. The Kier molecular flexibility index (Phi) is 5.35. The van der Waals surface area contributed by atoms with Crippen molar-refractivity contribution in [1.82, 2.24) is 19.6 Å². The molecule has 3 rings (SSSR count). The van der Waals surface area contributed by atoms with E-state index in [1.165, 1.54) is 0 Å². The number of benzene rings is 1. The third-order valence-corrected chi connectivity index (χ3v) is 4.89. The Morgan fingerprint density at radius 3 is 2.59 bits per heavy atom. The summed E-state index contributed by atoms with van der Waals surface area (Å²) in [5.74, 6) is 0.0428. The zero-order chi connectivity index (χ0) is 19.6. The van der Waals surface area contributed by atoms with E-state index in [1.54, 1.807) is 27.7 Å². The molecule has 1 atom stereocenters. The molecule has 1 saturated heterocycles. The number of likely N-dealkylation sites (tertiary alicyclic amines) is 1. The topological polar surface area (TPSA) is 58.4 Å². The molecule has 0 saturated carbocycles. The summed E-state index contributed by atoms with van der Waals surface area (Å²) < 4.78 is 1.80. The summed E-state index contributed by atoms with van der Waals surface area (Å²) in [6.45, 7) is 6.83. The van der Waals surface area contributed by atoms with Gasteiger partial charge < -0.3 is 9.80 Å². The number of rotatable bonds is 4.